The Hall–Kier alpha value is -1.55. The molecule has 1 unspecified atom stereocenters. The second-order valence-electron chi connectivity index (χ2n) is 7.24. The molecule has 118 valence electrons. The molecular weight excluding hydrogens is 260 g/mol. The molecule has 1 atom stereocenters. The van der Waals surface area contributed by atoms with Gasteiger partial charge in [-0.2, -0.15) is 0 Å². The molecule has 0 saturated carbocycles. The van der Waals surface area contributed by atoms with Gasteiger partial charge in [0.05, 0.1) is 6.54 Å². The maximum atomic E-state index is 5.92. The van der Waals surface area contributed by atoms with Crippen LogP contribution >= 0.6 is 0 Å². The van der Waals surface area contributed by atoms with Crippen molar-refractivity contribution in [1.82, 2.24) is 10.6 Å². The normalized spacial score (nSPS) is 14.9. The van der Waals surface area contributed by atoms with Crippen LogP contribution in [0.5, 0.6) is 0 Å². The summed E-state index contributed by atoms with van der Waals surface area (Å²) in [5.41, 5.74) is 7.00. The molecule has 0 spiro atoms. The van der Waals surface area contributed by atoms with E-state index in [0.29, 0.717) is 12.5 Å². The van der Waals surface area contributed by atoms with Crippen molar-refractivity contribution in [2.75, 3.05) is 6.54 Å². The third kappa shape index (κ3) is 7.14. The Labute approximate surface area is 129 Å². The average molecular weight is 290 g/mol. The molecule has 4 heteroatoms. The Morgan fingerprint density at radius 3 is 2.24 bits per heavy atom. The summed E-state index contributed by atoms with van der Waals surface area (Å²) in [5.74, 6) is 0.490. The Morgan fingerprint density at radius 2 is 1.71 bits per heavy atom. The molecule has 0 aliphatic carbocycles. The molecule has 0 aliphatic heterocycles. The summed E-state index contributed by atoms with van der Waals surface area (Å²) >= 11 is 0. The summed E-state index contributed by atoms with van der Waals surface area (Å²) < 4.78 is 0. The van der Waals surface area contributed by atoms with Crippen LogP contribution in [-0.2, 0) is 0 Å². The van der Waals surface area contributed by atoms with Gasteiger partial charge < -0.3 is 16.4 Å². The Bertz CT molecular complexity index is 457. The number of hydrogen-bond acceptors (Lipinski definition) is 2. The zero-order valence-corrected chi connectivity index (χ0v) is 14.2. The van der Waals surface area contributed by atoms with Crippen molar-refractivity contribution < 1.29 is 0 Å². The molecule has 1 rings (SSSR count). The molecule has 0 radical (unpaired) electrons. The van der Waals surface area contributed by atoms with Crippen LogP contribution in [0, 0.1) is 0 Å². The van der Waals surface area contributed by atoms with Gasteiger partial charge >= 0.3 is 0 Å². The van der Waals surface area contributed by atoms with E-state index in [1.165, 1.54) is 5.56 Å². The first-order chi connectivity index (χ1) is 9.59. The van der Waals surface area contributed by atoms with Crippen LogP contribution in [0.1, 0.15) is 53.1 Å². The molecule has 4 N–H and O–H groups in total. The van der Waals surface area contributed by atoms with Crippen LogP contribution in [0.25, 0.3) is 0 Å². The Balaban J connectivity index is 2.59. The summed E-state index contributed by atoms with van der Waals surface area (Å²) in [7, 11) is 0. The zero-order chi connectivity index (χ0) is 16.1. The van der Waals surface area contributed by atoms with Crippen LogP contribution in [0.2, 0.25) is 0 Å². The maximum absolute atomic E-state index is 5.92. The number of guanidine groups is 1. The molecule has 0 heterocycles. The number of nitrogens with one attached hydrogen (secondary N) is 2. The highest BCUT2D eigenvalue weighted by atomic mass is 15.1. The second kappa shape index (κ2) is 6.94. The number of rotatable bonds is 5. The largest absolute Gasteiger partial charge is 0.370 e. The van der Waals surface area contributed by atoms with Gasteiger partial charge in [0.1, 0.15) is 0 Å². The standard InChI is InChI=1S/C17H30N4/c1-13(14-10-8-7-9-11-14)20-17(5,6)12-19-15(18)21-16(2,3)4/h7-11,13,20H,12H2,1-6H3,(H3,18,19,21). The highest BCUT2D eigenvalue weighted by Crippen LogP contribution is 2.16. The van der Waals surface area contributed by atoms with Crippen molar-refractivity contribution in [1.29, 1.82) is 0 Å². The lowest BCUT2D eigenvalue weighted by atomic mass is 10.0. The minimum atomic E-state index is -0.126. The number of nitrogens with two attached hydrogens (primary N) is 1. The first kappa shape index (κ1) is 17.5. The first-order valence-corrected chi connectivity index (χ1v) is 7.50. The number of hydrogen-bond donors (Lipinski definition) is 3. The molecular formula is C17H30N4. The minimum Gasteiger partial charge on any atom is -0.370 e. The van der Waals surface area contributed by atoms with E-state index in [-0.39, 0.29) is 17.1 Å². The van der Waals surface area contributed by atoms with Crippen molar-refractivity contribution in [3.63, 3.8) is 0 Å². The number of nitrogens with zero attached hydrogens (tertiary/aromatic N) is 1. The summed E-state index contributed by atoms with van der Waals surface area (Å²) in [4.78, 5) is 4.45. The van der Waals surface area contributed by atoms with Crippen molar-refractivity contribution in [3.05, 3.63) is 35.9 Å². The number of aliphatic imine (C=N–C) groups is 1. The predicted molar refractivity (Wildman–Crippen MR) is 91.4 cm³/mol. The van der Waals surface area contributed by atoms with E-state index in [1.54, 1.807) is 0 Å². The Kier molecular flexibility index (Phi) is 5.78. The summed E-state index contributed by atoms with van der Waals surface area (Å²) in [6, 6.07) is 10.7. The van der Waals surface area contributed by atoms with Crippen LogP contribution in [0.15, 0.2) is 35.3 Å². The van der Waals surface area contributed by atoms with Gasteiger partial charge in [-0.25, -0.2) is 0 Å². The fourth-order valence-corrected chi connectivity index (χ4v) is 2.16. The minimum absolute atomic E-state index is 0.0670. The Morgan fingerprint density at radius 1 is 1.14 bits per heavy atom. The van der Waals surface area contributed by atoms with Crippen molar-refractivity contribution >= 4 is 5.96 Å². The van der Waals surface area contributed by atoms with E-state index in [1.807, 2.05) is 6.07 Å². The third-order valence-corrected chi connectivity index (χ3v) is 3.05. The van der Waals surface area contributed by atoms with Gasteiger partial charge in [-0.05, 0) is 47.1 Å². The van der Waals surface area contributed by atoms with E-state index in [4.69, 9.17) is 5.73 Å². The molecule has 0 fully saturated rings. The molecule has 0 bridgehead atoms. The van der Waals surface area contributed by atoms with Crippen LogP contribution in [-0.4, -0.2) is 23.6 Å². The van der Waals surface area contributed by atoms with Gasteiger partial charge in [0.25, 0.3) is 0 Å². The topological polar surface area (TPSA) is 62.4 Å². The van der Waals surface area contributed by atoms with Crippen LogP contribution in [0.3, 0.4) is 0 Å². The highest BCUT2D eigenvalue weighted by Gasteiger charge is 2.21. The fraction of sp³-hybridized carbons (Fsp3) is 0.588. The lowest BCUT2D eigenvalue weighted by Gasteiger charge is -2.29. The zero-order valence-electron chi connectivity index (χ0n) is 14.2. The SMILES string of the molecule is CC(NC(C)(C)CN=C(N)NC(C)(C)C)c1ccccc1. The molecule has 0 saturated heterocycles. The van der Waals surface area contributed by atoms with Gasteiger partial charge in [0.2, 0.25) is 0 Å². The summed E-state index contributed by atoms with van der Waals surface area (Å²) in [5, 5.41) is 6.78. The molecule has 1 aromatic carbocycles. The monoisotopic (exact) mass is 290 g/mol. The first-order valence-electron chi connectivity index (χ1n) is 7.50. The molecule has 4 nitrogen and oxygen atoms in total. The van der Waals surface area contributed by atoms with Gasteiger partial charge in [0, 0.05) is 17.1 Å². The van der Waals surface area contributed by atoms with Crippen LogP contribution < -0.4 is 16.4 Å². The fourth-order valence-electron chi connectivity index (χ4n) is 2.16. The summed E-state index contributed by atoms with van der Waals surface area (Å²) in [6.07, 6.45) is 0. The van der Waals surface area contributed by atoms with Gasteiger partial charge in [0.15, 0.2) is 5.96 Å². The van der Waals surface area contributed by atoms with E-state index < -0.39 is 0 Å². The lowest BCUT2D eigenvalue weighted by Crippen LogP contribution is -2.47. The lowest BCUT2D eigenvalue weighted by molar-refractivity contribution is 0.356. The van der Waals surface area contributed by atoms with Gasteiger partial charge in [-0.15, -0.1) is 0 Å². The average Bonchev–Trinajstić information content (AvgIpc) is 2.35. The van der Waals surface area contributed by atoms with Crippen molar-refractivity contribution in [3.8, 4) is 0 Å². The van der Waals surface area contributed by atoms with Crippen molar-refractivity contribution in [2.45, 2.75) is 58.7 Å². The smallest absolute Gasteiger partial charge is 0.189 e. The van der Waals surface area contributed by atoms with Gasteiger partial charge in [-0.1, -0.05) is 30.3 Å². The predicted octanol–water partition coefficient (Wildman–Crippen LogP) is 2.82. The van der Waals surface area contributed by atoms with Gasteiger partial charge in [-0.3, -0.25) is 4.99 Å². The van der Waals surface area contributed by atoms with E-state index in [0.717, 1.165) is 0 Å². The quantitative estimate of drug-likeness (QED) is 0.577. The third-order valence-electron chi connectivity index (χ3n) is 3.05. The molecule has 0 aliphatic rings. The second-order valence-corrected chi connectivity index (χ2v) is 7.24. The summed E-state index contributed by atoms with van der Waals surface area (Å²) in [6.45, 7) is 13.3. The van der Waals surface area contributed by atoms with E-state index in [9.17, 15) is 0 Å². The van der Waals surface area contributed by atoms with E-state index in [2.05, 4.69) is 81.4 Å². The highest BCUT2D eigenvalue weighted by molar-refractivity contribution is 5.78. The van der Waals surface area contributed by atoms with Crippen LogP contribution in [0.4, 0.5) is 0 Å². The van der Waals surface area contributed by atoms with E-state index >= 15 is 0 Å². The maximum Gasteiger partial charge on any atom is 0.189 e. The molecule has 1 aromatic rings. The molecule has 0 aromatic heterocycles. The molecule has 0 amide bonds. The molecule has 21 heavy (non-hydrogen) atoms. The van der Waals surface area contributed by atoms with Crippen molar-refractivity contribution in [2.24, 2.45) is 10.7 Å². The number of benzene rings is 1.